The molecule has 0 aliphatic heterocycles. The summed E-state index contributed by atoms with van der Waals surface area (Å²) < 4.78 is 35.4. The second kappa shape index (κ2) is 28.9. The number of hydrogen-bond acceptors (Lipinski definition) is 6. The van der Waals surface area contributed by atoms with Gasteiger partial charge in [-0.1, -0.05) is 224 Å². The molecular formula is C116H104N6O4+4. The standard InChI is InChI=1S/C31H30NO.C29H25N2O.C29H26NO.C27H23N2O/c1-6-31(7-2)24-11-9-8-10-23(24)28-25(31)15-14-22-21-13-12-20(4)27(29(21)33-30(22)28)26-18-19(3)16-17-32(26)5;1-18-12-13-20-22-17-21-19-9-3-4-10-23(19)29(14-6-7-15-29)27(21)30-28(22)32-26(20)25(18)24-11-5-8-16-31(24)2;1-17-14-15-30(5)24(16-17)25-18(2)10-11-19-20-12-13-23-26(28(20)31-27(19)25)21-8-6-7-9-22(21)29(23,3)4;1-16-12-13-18-23-24-19(17-9-5-6-10-20(17)27(24,2)3)15-28-26(23)30-25(18)22(16)21-11-7-8-14-29(21)4/h8-18H,6-7H2,1-5H3;3-5,8-13,16-17H,6-7,14-15H2,1-2H3;6-16H,1-5H3;5-15H,1-4H3/q4*+1. The molecule has 1 fully saturated rings. The minimum Gasteiger partial charge on any atom is -0.454 e. The highest BCUT2D eigenvalue weighted by Gasteiger charge is 2.48. The van der Waals surface area contributed by atoms with Crippen LogP contribution in [0, 0.1) is 41.5 Å². The van der Waals surface area contributed by atoms with Crippen LogP contribution in [0.3, 0.4) is 0 Å². The van der Waals surface area contributed by atoms with E-state index >= 15 is 0 Å². The molecule has 0 bridgehead atoms. The predicted octanol–water partition coefficient (Wildman–Crippen LogP) is 27.5. The molecular weight excluding hydrogens is 1540 g/mol. The van der Waals surface area contributed by atoms with Crippen molar-refractivity contribution in [2.45, 2.75) is 143 Å². The molecule has 10 aromatic heterocycles. The Balaban J connectivity index is 0.0000000995. The Morgan fingerprint density at radius 1 is 0.317 bits per heavy atom. The Morgan fingerprint density at radius 2 is 0.714 bits per heavy atom. The van der Waals surface area contributed by atoms with E-state index in [1.165, 1.54) is 192 Å². The van der Waals surface area contributed by atoms with Gasteiger partial charge in [-0.3, -0.25) is 0 Å². The number of aryl methyl sites for hydroxylation is 10. The fourth-order valence-electron chi connectivity index (χ4n) is 23.1. The van der Waals surface area contributed by atoms with Gasteiger partial charge in [-0.15, -0.1) is 0 Å². The fraction of sp³-hybridized carbons (Fsp3) is 0.224. The molecule has 1 spiro atoms. The van der Waals surface area contributed by atoms with Crippen molar-refractivity contribution < 1.29 is 35.9 Å². The van der Waals surface area contributed by atoms with Crippen molar-refractivity contribution in [3.8, 4) is 89.5 Å². The average Bonchev–Trinajstić information content (AvgIpc) is 1.53. The minimum absolute atomic E-state index is 0.0270. The number of pyridine rings is 6. The monoisotopic (exact) mass is 1640 g/mol. The van der Waals surface area contributed by atoms with Crippen LogP contribution in [0.2, 0.25) is 0 Å². The molecule has 10 nitrogen and oxygen atoms in total. The SMILES string of the molecule is CCC1(CC)c2ccccc2-c2c1ccc1c2oc2c(-c3cc(C)cc[n+]3C)c(C)ccc21.Cc1cc[n+](C)c(-c2c(C)ccc3c2oc2c4c(ccc23)C(C)(C)c2ccccc2-4)c1.Cc1ccc2c(oc3nc4c(cc32)-c2ccccc2C42CCCC2)c1-c1cccc[n+]1C.Cc1ccc2c(oc3ncc4c(c32)C(C)(C)c2ccccc2-4)c1-c1cccc[n+]1C. The van der Waals surface area contributed by atoms with E-state index in [0.717, 1.165) is 102 Å². The summed E-state index contributed by atoms with van der Waals surface area (Å²) in [7, 11) is 8.38. The first-order chi connectivity index (χ1) is 61.0. The van der Waals surface area contributed by atoms with Crippen LogP contribution >= 0.6 is 0 Å². The smallest absolute Gasteiger partial charge is 0.227 e. The maximum Gasteiger partial charge on any atom is 0.227 e. The van der Waals surface area contributed by atoms with Gasteiger partial charge in [-0.25, -0.2) is 28.2 Å². The second-order valence-electron chi connectivity index (χ2n) is 37.4. The van der Waals surface area contributed by atoms with Gasteiger partial charge in [0.2, 0.25) is 34.2 Å². The van der Waals surface area contributed by atoms with Crippen LogP contribution in [0.4, 0.5) is 0 Å². The molecule has 0 radical (unpaired) electrons. The van der Waals surface area contributed by atoms with E-state index in [0.29, 0.717) is 0 Å². The van der Waals surface area contributed by atoms with Gasteiger partial charge in [0, 0.05) is 136 Å². The summed E-state index contributed by atoms with van der Waals surface area (Å²) in [5, 5.41) is 9.31. The topological polar surface area (TPSA) is 93.9 Å². The maximum absolute atomic E-state index is 6.88. The van der Waals surface area contributed by atoms with Crippen molar-refractivity contribution in [3.63, 3.8) is 0 Å². The summed E-state index contributed by atoms with van der Waals surface area (Å²) in [6.45, 7) is 26.8. The third-order valence-corrected chi connectivity index (χ3v) is 29.6. The van der Waals surface area contributed by atoms with Crippen LogP contribution in [-0.2, 0) is 49.9 Å². The molecule has 20 aromatic rings. The van der Waals surface area contributed by atoms with E-state index in [9.17, 15) is 0 Å². The summed E-state index contributed by atoms with van der Waals surface area (Å²) in [4.78, 5) is 10.0. The Kier molecular flexibility index (Phi) is 18.0. The molecule has 618 valence electrons. The molecule has 0 unspecified atom stereocenters. The van der Waals surface area contributed by atoms with Crippen molar-refractivity contribution in [1.82, 2.24) is 9.97 Å². The first kappa shape index (κ1) is 78.3. The molecule has 5 aliphatic carbocycles. The molecule has 10 heterocycles. The molecule has 0 atom stereocenters. The van der Waals surface area contributed by atoms with E-state index in [-0.39, 0.29) is 21.7 Å². The maximum atomic E-state index is 6.88. The number of hydrogen-bond donors (Lipinski definition) is 0. The number of benzene rings is 10. The van der Waals surface area contributed by atoms with Crippen LogP contribution in [0.5, 0.6) is 0 Å². The highest BCUT2D eigenvalue weighted by Crippen LogP contribution is 2.61. The molecule has 126 heavy (non-hydrogen) atoms. The van der Waals surface area contributed by atoms with Crippen molar-refractivity contribution in [1.29, 1.82) is 0 Å². The van der Waals surface area contributed by atoms with Gasteiger partial charge in [0.1, 0.15) is 50.5 Å². The molecule has 25 rings (SSSR count). The van der Waals surface area contributed by atoms with Crippen LogP contribution < -0.4 is 18.3 Å². The molecule has 0 saturated heterocycles. The Morgan fingerprint density at radius 3 is 1.25 bits per heavy atom. The predicted molar refractivity (Wildman–Crippen MR) is 512 cm³/mol. The summed E-state index contributed by atoms with van der Waals surface area (Å²) in [5.74, 6) is 0. The minimum atomic E-state index is -0.105. The van der Waals surface area contributed by atoms with E-state index in [1.54, 1.807) is 0 Å². The van der Waals surface area contributed by atoms with Crippen LogP contribution in [0.1, 0.15) is 158 Å². The lowest BCUT2D eigenvalue weighted by atomic mass is 9.74. The van der Waals surface area contributed by atoms with Gasteiger partial charge in [-0.05, 0) is 180 Å². The highest BCUT2D eigenvalue weighted by atomic mass is 16.3. The zero-order valence-corrected chi connectivity index (χ0v) is 75.0. The van der Waals surface area contributed by atoms with Gasteiger partial charge in [0.15, 0.2) is 36.0 Å². The molecule has 10 aromatic carbocycles. The lowest BCUT2D eigenvalue weighted by molar-refractivity contribution is -0.660. The highest BCUT2D eigenvalue weighted by molar-refractivity contribution is 6.18. The Hall–Kier alpha value is -13.7. The fourth-order valence-corrected chi connectivity index (χ4v) is 23.1. The first-order valence-electron chi connectivity index (χ1n) is 45.0. The van der Waals surface area contributed by atoms with Gasteiger partial charge in [0.25, 0.3) is 0 Å². The molecule has 0 amide bonds. The van der Waals surface area contributed by atoms with E-state index in [1.807, 2.05) is 12.3 Å². The van der Waals surface area contributed by atoms with E-state index in [2.05, 4.69) is 385 Å². The summed E-state index contributed by atoms with van der Waals surface area (Å²) in [5.41, 5.74) is 45.3. The molecule has 0 N–H and O–H groups in total. The van der Waals surface area contributed by atoms with Crippen LogP contribution in [0.25, 0.3) is 178 Å². The molecule has 10 heteroatoms. The van der Waals surface area contributed by atoms with Gasteiger partial charge in [0.05, 0.1) is 33.3 Å². The molecule has 5 aliphatic rings. The summed E-state index contributed by atoms with van der Waals surface area (Å²) >= 11 is 0. The molecule has 1 saturated carbocycles. The largest absolute Gasteiger partial charge is 0.454 e. The normalized spacial score (nSPS) is 14.7. The first-order valence-corrected chi connectivity index (χ1v) is 45.0. The number of fused-ring (bicyclic) bond motifs is 29. The van der Waals surface area contributed by atoms with Crippen molar-refractivity contribution in [3.05, 3.63) is 346 Å². The lowest BCUT2D eigenvalue weighted by Crippen LogP contribution is -2.30. The van der Waals surface area contributed by atoms with Crippen molar-refractivity contribution in [2.75, 3.05) is 0 Å². The summed E-state index contributed by atoms with van der Waals surface area (Å²) in [6, 6.07) is 86.0. The summed E-state index contributed by atoms with van der Waals surface area (Å²) in [6.07, 6.45) is 17.5. The van der Waals surface area contributed by atoms with Gasteiger partial charge >= 0.3 is 0 Å². The Labute approximate surface area is 735 Å². The van der Waals surface area contributed by atoms with Crippen molar-refractivity contribution >= 4 is 88.0 Å². The van der Waals surface area contributed by atoms with Crippen molar-refractivity contribution in [2.24, 2.45) is 28.2 Å². The second-order valence-corrected chi connectivity index (χ2v) is 37.4. The number of aromatic nitrogens is 6. The third-order valence-electron chi connectivity index (χ3n) is 29.6. The van der Waals surface area contributed by atoms with Crippen LogP contribution in [0.15, 0.2) is 285 Å². The average molecular weight is 1650 g/mol. The number of furan rings is 4. The zero-order valence-electron chi connectivity index (χ0n) is 75.0. The number of nitrogens with zero attached hydrogens (tertiary/aromatic N) is 6. The third kappa shape index (κ3) is 11.4. The van der Waals surface area contributed by atoms with E-state index in [4.69, 9.17) is 27.6 Å². The van der Waals surface area contributed by atoms with Gasteiger partial charge < -0.3 is 17.7 Å². The quantitative estimate of drug-likeness (QED) is 0.154. The number of rotatable bonds is 6. The van der Waals surface area contributed by atoms with Crippen LogP contribution in [-0.4, -0.2) is 9.97 Å². The van der Waals surface area contributed by atoms with Gasteiger partial charge in [-0.2, -0.15) is 0 Å². The Bertz CT molecular complexity index is 8020. The van der Waals surface area contributed by atoms with E-state index < -0.39 is 0 Å². The lowest BCUT2D eigenvalue weighted by Gasteiger charge is -2.29. The zero-order chi connectivity index (χ0) is 86.5.